The second kappa shape index (κ2) is 6.08. The average Bonchev–Trinajstić information content (AvgIpc) is 2.26. The molecular formula is C13H19BO5. The van der Waals surface area contributed by atoms with Crippen molar-refractivity contribution < 1.29 is 24.3 Å². The van der Waals surface area contributed by atoms with Gasteiger partial charge in [0.15, 0.2) is 0 Å². The van der Waals surface area contributed by atoms with Gasteiger partial charge in [0, 0.05) is 5.56 Å². The molecule has 1 aromatic rings. The second-order valence-electron chi connectivity index (χ2n) is 5.21. The van der Waals surface area contributed by atoms with Crippen LogP contribution in [0.25, 0.3) is 0 Å². The molecule has 0 aliphatic heterocycles. The average molecular weight is 266 g/mol. The molecule has 5 nitrogen and oxygen atoms in total. The van der Waals surface area contributed by atoms with Crippen LogP contribution in [0.15, 0.2) is 18.2 Å². The summed E-state index contributed by atoms with van der Waals surface area (Å²) in [5.74, 6) is 0.116. The lowest BCUT2D eigenvalue weighted by atomic mass is 9.79. The molecule has 0 atom stereocenters. The third-order valence-corrected chi connectivity index (χ3v) is 2.36. The normalized spacial score (nSPS) is 11.1. The Balaban J connectivity index is 2.92. The molecule has 0 unspecified atom stereocenters. The van der Waals surface area contributed by atoms with E-state index in [9.17, 15) is 4.79 Å². The van der Waals surface area contributed by atoms with Crippen molar-refractivity contribution in [1.29, 1.82) is 0 Å². The fourth-order valence-electron chi connectivity index (χ4n) is 1.63. The van der Waals surface area contributed by atoms with Crippen LogP contribution in [0, 0.1) is 0 Å². The standard InChI is InChI=1S/C13H19BO5/c1-13(2,3)19-12(15)8-9-7-10(14(16)17)5-6-11(9)18-4/h5-7,16-17H,8H2,1-4H3. The third-order valence-electron chi connectivity index (χ3n) is 2.36. The topological polar surface area (TPSA) is 76.0 Å². The molecule has 0 heterocycles. The molecule has 1 rings (SSSR count). The molecule has 0 saturated carbocycles. The molecule has 0 aliphatic rings. The summed E-state index contributed by atoms with van der Waals surface area (Å²) in [5, 5.41) is 18.3. The summed E-state index contributed by atoms with van der Waals surface area (Å²) in [6.07, 6.45) is 0.0149. The monoisotopic (exact) mass is 266 g/mol. The molecule has 0 radical (unpaired) electrons. The highest BCUT2D eigenvalue weighted by molar-refractivity contribution is 6.58. The van der Waals surface area contributed by atoms with Crippen molar-refractivity contribution >= 4 is 18.6 Å². The van der Waals surface area contributed by atoms with Gasteiger partial charge in [-0.05, 0) is 32.3 Å². The summed E-state index contributed by atoms with van der Waals surface area (Å²) >= 11 is 0. The first-order valence-corrected chi connectivity index (χ1v) is 5.97. The number of benzene rings is 1. The lowest BCUT2D eigenvalue weighted by Gasteiger charge is -2.20. The summed E-state index contributed by atoms with van der Waals surface area (Å²) in [6.45, 7) is 5.36. The van der Waals surface area contributed by atoms with Crippen molar-refractivity contribution in [3.8, 4) is 5.75 Å². The largest absolute Gasteiger partial charge is 0.496 e. The molecule has 0 aliphatic carbocycles. The number of hydrogen-bond acceptors (Lipinski definition) is 5. The Morgan fingerprint density at radius 3 is 2.42 bits per heavy atom. The predicted octanol–water partition coefficient (Wildman–Crippen LogP) is 0.259. The van der Waals surface area contributed by atoms with Crippen LogP contribution in [-0.4, -0.2) is 35.8 Å². The number of hydrogen-bond donors (Lipinski definition) is 2. The predicted molar refractivity (Wildman–Crippen MR) is 72.4 cm³/mol. The molecule has 0 aromatic heterocycles. The van der Waals surface area contributed by atoms with E-state index in [1.165, 1.54) is 19.2 Å². The highest BCUT2D eigenvalue weighted by Gasteiger charge is 2.20. The molecule has 19 heavy (non-hydrogen) atoms. The van der Waals surface area contributed by atoms with E-state index in [4.69, 9.17) is 19.5 Å². The summed E-state index contributed by atoms with van der Waals surface area (Å²) in [7, 11) is -0.0912. The number of carbonyl (C=O) groups excluding carboxylic acids is 1. The molecule has 1 aromatic carbocycles. The number of rotatable bonds is 4. The van der Waals surface area contributed by atoms with Crippen LogP contribution < -0.4 is 10.2 Å². The summed E-state index contributed by atoms with van der Waals surface area (Å²) in [6, 6.07) is 4.64. The van der Waals surface area contributed by atoms with Gasteiger partial charge in [0.2, 0.25) is 0 Å². The van der Waals surface area contributed by atoms with Gasteiger partial charge in [-0.2, -0.15) is 0 Å². The Bertz CT molecular complexity index is 451. The third kappa shape index (κ3) is 4.92. The van der Waals surface area contributed by atoms with Crippen LogP contribution in [0.1, 0.15) is 26.3 Å². The second-order valence-corrected chi connectivity index (χ2v) is 5.21. The summed E-state index contributed by atoms with van der Waals surface area (Å²) < 4.78 is 10.4. The molecule has 0 amide bonds. The van der Waals surface area contributed by atoms with Crippen LogP contribution >= 0.6 is 0 Å². The SMILES string of the molecule is COc1ccc(B(O)O)cc1CC(=O)OC(C)(C)C. The van der Waals surface area contributed by atoms with Gasteiger partial charge in [-0.1, -0.05) is 12.1 Å². The number of methoxy groups -OCH3 is 1. The number of ether oxygens (including phenoxy) is 2. The van der Waals surface area contributed by atoms with Gasteiger partial charge in [0.05, 0.1) is 13.5 Å². The molecule has 0 spiro atoms. The Hall–Kier alpha value is -1.53. The fraction of sp³-hybridized carbons (Fsp3) is 0.462. The van der Waals surface area contributed by atoms with Gasteiger partial charge < -0.3 is 19.5 Å². The van der Waals surface area contributed by atoms with Crippen molar-refractivity contribution in [2.75, 3.05) is 7.11 Å². The van der Waals surface area contributed by atoms with E-state index < -0.39 is 18.7 Å². The quantitative estimate of drug-likeness (QED) is 0.604. The summed E-state index contributed by atoms with van der Waals surface area (Å²) in [4.78, 5) is 11.8. The maximum absolute atomic E-state index is 11.8. The molecule has 104 valence electrons. The molecule has 2 N–H and O–H groups in total. The smallest absolute Gasteiger partial charge is 0.488 e. The van der Waals surface area contributed by atoms with Gasteiger partial charge in [0.1, 0.15) is 11.4 Å². The Morgan fingerprint density at radius 1 is 1.32 bits per heavy atom. The van der Waals surface area contributed by atoms with Crippen molar-refractivity contribution in [2.24, 2.45) is 0 Å². The van der Waals surface area contributed by atoms with E-state index in [1.54, 1.807) is 26.8 Å². The van der Waals surface area contributed by atoms with E-state index in [0.29, 0.717) is 16.8 Å². The Kier molecular flexibility index (Phi) is 4.97. The van der Waals surface area contributed by atoms with E-state index in [2.05, 4.69) is 0 Å². The van der Waals surface area contributed by atoms with Crippen LogP contribution in [0.5, 0.6) is 5.75 Å². The highest BCUT2D eigenvalue weighted by atomic mass is 16.6. The minimum absolute atomic E-state index is 0.0149. The molecule has 0 fully saturated rings. The lowest BCUT2D eigenvalue weighted by molar-refractivity contribution is -0.153. The van der Waals surface area contributed by atoms with E-state index in [0.717, 1.165) is 0 Å². The Labute approximate surface area is 113 Å². The minimum atomic E-state index is -1.58. The first-order chi connectivity index (χ1) is 8.73. The maximum atomic E-state index is 11.8. The van der Waals surface area contributed by atoms with Crippen LogP contribution in [0.2, 0.25) is 0 Å². The van der Waals surface area contributed by atoms with Crippen molar-refractivity contribution in [3.05, 3.63) is 23.8 Å². The molecule has 0 bridgehead atoms. The Morgan fingerprint density at radius 2 is 1.95 bits per heavy atom. The van der Waals surface area contributed by atoms with Crippen LogP contribution in [0.3, 0.4) is 0 Å². The van der Waals surface area contributed by atoms with Gasteiger partial charge in [-0.25, -0.2) is 0 Å². The van der Waals surface area contributed by atoms with E-state index >= 15 is 0 Å². The first-order valence-electron chi connectivity index (χ1n) is 5.97. The van der Waals surface area contributed by atoms with Crippen molar-refractivity contribution in [2.45, 2.75) is 32.8 Å². The lowest BCUT2D eigenvalue weighted by Crippen LogP contribution is -2.30. The minimum Gasteiger partial charge on any atom is -0.496 e. The molecular weight excluding hydrogens is 247 g/mol. The zero-order chi connectivity index (χ0) is 14.6. The molecule has 0 saturated heterocycles. The van der Waals surface area contributed by atoms with Crippen LogP contribution in [-0.2, 0) is 16.0 Å². The van der Waals surface area contributed by atoms with Gasteiger partial charge >= 0.3 is 13.1 Å². The number of carbonyl (C=O) groups is 1. The van der Waals surface area contributed by atoms with Crippen LogP contribution in [0.4, 0.5) is 0 Å². The fourth-order valence-corrected chi connectivity index (χ4v) is 1.63. The maximum Gasteiger partial charge on any atom is 0.488 e. The van der Waals surface area contributed by atoms with E-state index in [1.807, 2.05) is 0 Å². The van der Waals surface area contributed by atoms with E-state index in [-0.39, 0.29) is 6.42 Å². The van der Waals surface area contributed by atoms with Gasteiger partial charge in [-0.15, -0.1) is 0 Å². The zero-order valence-electron chi connectivity index (χ0n) is 11.6. The van der Waals surface area contributed by atoms with Gasteiger partial charge in [0.25, 0.3) is 0 Å². The van der Waals surface area contributed by atoms with Gasteiger partial charge in [-0.3, -0.25) is 4.79 Å². The number of esters is 1. The molecule has 6 heteroatoms. The highest BCUT2D eigenvalue weighted by Crippen LogP contribution is 2.19. The zero-order valence-corrected chi connectivity index (χ0v) is 11.6. The van der Waals surface area contributed by atoms with Crippen molar-refractivity contribution in [1.82, 2.24) is 0 Å². The first kappa shape index (κ1) is 15.5. The summed E-state index contributed by atoms with van der Waals surface area (Å²) in [5.41, 5.74) is 0.306. The van der Waals surface area contributed by atoms with Crippen molar-refractivity contribution in [3.63, 3.8) is 0 Å².